The Balaban J connectivity index is 1.61. The molecule has 3 aromatic carbocycles. The van der Waals surface area contributed by atoms with E-state index in [4.69, 9.17) is 14.7 Å². The number of rotatable bonds is 4. The van der Waals surface area contributed by atoms with E-state index in [1.54, 1.807) is 18.1 Å². The van der Waals surface area contributed by atoms with Crippen molar-refractivity contribution in [2.45, 2.75) is 13.8 Å². The molecule has 0 atom stereocenters. The molecule has 0 N–H and O–H groups in total. The number of methoxy groups -OCH3 is 1. The Bertz CT molecular complexity index is 1350. The summed E-state index contributed by atoms with van der Waals surface area (Å²) in [6.45, 7) is 4.16. The third-order valence-corrected chi connectivity index (χ3v) is 6.50. The molecule has 0 unspecified atom stereocenters. The zero-order chi connectivity index (χ0) is 22.2. The van der Waals surface area contributed by atoms with Crippen LogP contribution in [0.15, 0.2) is 77.4 Å². The first-order valence-electron chi connectivity index (χ1n) is 10.3. The maximum atomic E-state index is 13.5. The number of carbonyl (C=O) groups excluding carboxylic acids is 1. The summed E-state index contributed by atoms with van der Waals surface area (Å²) >= 11 is 1.50. The fourth-order valence-electron chi connectivity index (χ4n) is 3.60. The average Bonchev–Trinajstić information content (AvgIpc) is 3.35. The highest BCUT2D eigenvalue weighted by Crippen LogP contribution is 2.35. The van der Waals surface area contributed by atoms with Crippen molar-refractivity contribution in [2.75, 3.05) is 12.0 Å². The first kappa shape index (κ1) is 20.2. The van der Waals surface area contributed by atoms with Crippen molar-refractivity contribution >= 4 is 44.5 Å². The van der Waals surface area contributed by atoms with Crippen molar-refractivity contribution in [2.24, 2.45) is 4.99 Å². The van der Waals surface area contributed by atoms with E-state index >= 15 is 0 Å². The normalized spacial score (nSPS) is 15.0. The number of fused-ring (bicyclic) bond motifs is 1. The van der Waals surface area contributed by atoms with Gasteiger partial charge in [-0.1, -0.05) is 53.8 Å². The van der Waals surface area contributed by atoms with Crippen molar-refractivity contribution in [3.8, 4) is 5.75 Å². The van der Waals surface area contributed by atoms with Crippen LogP contribution in [-0.4, -0.2) is 23.8 Å². The van der Waals surface area contributed by atoms with E-state index in [-0.39, 0.29) is 5.91 Å². The van der Waals surface area contributed by atoms with Gasteiger partial charge in [-0.05, 0) is 60.9 Å². The molecule has 0 radical (unpaired) electrons. The smallest absolute Gasteiger partial charge is 0.284 e. The van der Waals surface area contributed by atoms with Crippen molar-refractivity contribution in [3.05, 3.63) is 94.7 Å². The summed E-state index contributed by atoms with van der Waals surface area (Å²) in [7, 11) is 1.63. The number of benzene rings is 3. The van der Waals surface area contributed by atoms with Gasteiger partial charge in [-0.25, -0.2) is 14.9 Å². The van der Waals surface area contributed by atoms with Crippen molar-refractivity contribution in [1.29, 1.82) is 0 Å². The van der Waals surface area contributed by atoms with Gasteiger partial charge in [0, 0.05) is 5.56 Å². The van der Waals surface area contributed by atoms with Crippen LogP contribution in [0.25, 0.3) is 16.3 Å². The van der Waals surface area contributed by atoms with Crippen LogP contribution >= 0.6 is 11.3 Å². The van der Waals surface area contributed by atoms with Gasteiger partial charge in [0.1, 0.15) is 17.3 Å². The van der Waals surface area contributed by atoms with Crippen molar-refractivity contribution < 1.29 is 9.53 Å². The molecular formula is C26H21N3O2S. The van der Waals surface area contributed by atoms with Crippen LogP contribution in [0.3, 0.4) is 0 Å². The Labute approximate surface area is 190 Å². The largest absolute Gasteiger partial charge is 0.497 e. The molecule has 0 saturated heterocycles. The second kappa shape index (κ2) is 8.05. The number of hydrogen-bond donors (Lipinski definition) is 0. The number of nitrogens with zero attached hydrogens (tertiary/aromatic N) is 3. The number of hydrogen-bond acceptors (Lipinski definition) is 5. The Kier molecular flexibility index (Phi) is 5.07. The van der Waals surface area contributed by atoms with Gasteiger partial charge in [0.2, 0.25) is 0 Å². The Hall–Kier alpha value is -3.77. The number of carbonyl (C=O) groups is 1. The van der Waals surface area contributed by atoms with Crippen LogP contribution in [0.1, 0.15) is 22.3 Å². The molecule has 32 heavy (non-hydrogen) atoms. The third kappa shape index (κ3) is 3.59. The number of aromatic nitrogens is 1. The number of amides is 1. The maximum absolute atomic E-state index is 13.5. The molecule has 0 spiro atoms. The summed E-state index contributed by atoms with van der Waals surface area (Å²) in [6, 6.07) is 21.5. The molecule has 5 nitrogen and oxygen atoms in total. The molecule has 0 saturated carbocycles. The SMILES string of the molecule is COc1ccc(C=C2N=C(c3ccccc3)N(c3nc4cc(C)c(C)cc4s3)C2=O)cc1. The number of aliphatic imine (C=N–C) groups is 1. The molecule has 0 aliphatic carbocycles. The fraction of sp³-hybridized carbons (Fsp3) is 0.115. The zero-order valence-corrected chi connectivity index (χ0v) is 18.8. The maximum Gasteiger partial charge on any atom is 0.284 e. The summed E-state index contributed by atoms with van der Waals surface area (Å²) in [5, 5.41) is 0.621. The zero-order valence-electron chi connectivity index (χ0n) is 18.0. The quantitative estimate of drug-likeness (QED) is 0.380. The minimum absolute atomic E-state index is 0.188. The highest BCUT2D eigenvalue weighted by atomic mass is 32.1. The number of amidine groups is 1. The standard InChI is InChI=1S/C26H21N3O2S/c1-16-13-21-23(14-17(16)2)32-26(28-21)29-24(19-7-5-4-6-8-19)27-22(25(29)30)15-18-9-11-20(31-3)12-10-18/h4-15H,1-3H3. The van der Waals surface area contributed by atoms with Gasteiger partial charge in [0.15, 0.2) is 5.13 Å². The number of ether oxygens (including phenoxy) is 1. The predicted molar refractivity (Wildman–Crippen MR) is 131 cm³/mol. The molecule has 4 aromatic rings. The molecular weight excluding hydrogens is 418 g/mol. The Morgan fingerprint density at radius 2 is 1.69 bits per heavy atom. The van der Waals surface area contributed by atoms with E-state index in [0.717, 1.165) is 27.1 Å². The molecule has 1 aliphatic heterocycles. The van der Waals surface area contributed by atoms with Crippen LogP contribution in [0, 0.1) is 13.8 Å². The molecule has 1 aliphatic rings. The average molecular weight is 440 g/mol. The fourth-order valence-corrected chi connectivity index (χ4v) is 4.64. The van der Waals surface area contributed by atoms with Gasteiger partial charge in [-0.3, -0.25) is 4.79 Å². The lowest BCUT2D eigenvalue weighted by molar-refractivity contribution is -0.113. The second-order valence-electron chi connectivity index (χ2n) is 7.65. The van der Waals surface area contributed by atoms with Crippen LogP contribution in [-0.2, 0) is 4.79 Å². The third-order valence-electron chi connectivity index (χ3n) is 5.50. The summed E-state index contributed by atoms with van der Waals surface area (Å²) in [5.74, 6) is 1.16. The monoisotopic (exact) mass is 439 g/mol. The molecule has 6 heteroatoms. The summed E-state index contributed by atoms with van der Waals surface area (Å²) in [5.41, 5.74) is 5.39. The predicted octanol–water partition coefficient (Wildman–Crippen LogP) is 5.76. The van der Waals surface area contributed by atoms with Crippen LogP contribution in [0.5, 0.6) is 5.75 Å². The second-order valence-corrected chi connectivity index (χ2v) is 8.65. The van der Waals surface area contributed by atoms with E-state index in [9.17, 15) is 4.79 Å². The van der Waals surface area contributed by atoms with E-state index in [1.807, 2.05) is 54.6 Å². The van der Waals surface area contributed by atoms with Gasteiger partial charge in [-0.15, -0.1) is 0 Å². The number of anilines is 1. The molecule has 5 rings (SSSR count). The molecule has 0 fully saturated rings. The molecule has 158 valence electrons. The topological polar surface area (TPSA) is 54.8 Å². The molecule has 1 amide bonds. The minimum atomic E-state index is -0.188. The van der Waals surface area contributed by atoms with E-state index in [2.05, 4.69) is 26.0 Å². The summed E-state index contributed by atoms with van der Waals surface area (Å²) in [6.07, 6.45) is 1.80. The van der Waals surface area contributed by atoms with Gasteiger partial charge in [0.05, 0.1) is 17.3 Å². The van der Waals surface area contributed by atoms with Crippen LogP contribution in [0.4, 0.5) is 5.13 Å². The van der Waals surface area contributed by atoms with Crippen LogP contribution in [0.2, 0.25) is 0 Å². The van der Waals surface area contributed by atoms with E-state index < -0.39 is 0 Å². The van der Waals surface area contributed by atoms with Gasteiger partial charge < -0.3 is 4.74 Å². The Morgan fingerprint density at radius 3 is 2.41 bits per heavy atom. The van der Waals surface area contributed by atoms with Gasteiger partial charge in [0.25, 0.3) is 5.91 Å². The van der Waals surface area contributed by atoms with Crippen LogP contribution < -0.4 is 9.64 Å². The molecule has 1 aromatic heterocycles. The van der Waals surface area contributed by atoms with E-state index in [1.165, 1.54) is 22.5 Å². The van der Waals surface area contributed by atoms with Gasteiger partial charge >= 0.3 is 0 Å². The van der Waals surface area contributed by atoms with Gasteiger partial charge in [-0.2, -0.15) is 0 Å². The first-order valence-corrected chi connectivity index (χ1v) is 11.1. The molecule has 0 bridgehead atoms. The molecule has 2 heterocycles. The first-order chi connectivity index (χ1) is 15.5. The lowest BCUT2D eigenvalue weighted by atomic mass is 10.1. The van der Waals surface area contributed by atoms with E-state index in [0.29, 0.717) is 16.7 Å². The van der Waals surface area contributed by atoms with Crippen molar-refractivity contribution in [1.82, 2.24) is 4.98 Å². The minimum Gasteiger partial charge on any atom is -0.497 e. The summed E-state index contributed by atoms with van der Waals surface area (Å²) in [4.78, 5) is 24.7. The summed E-state index contributed by atoms with van der Waals surface area (Å²) < 4.78 is 6.28. The number of thiazole rings is 1. The lowest BCUT2D eigenvalue weighted by Crippen LogP contribution is -2.32. The highest BCUT2D eigenvalue weighted by Gasteiger charge is 2.34. The Morgan fingerprint density at radius 1 is 0.969 bits per heavy atom. The van der Waals surface area contributed by atoms with Crippen molar-refractivity contribution in [3.63, 3.8) is 0 Å². The lowest BCUT2D eigenvalue weighted by Gasteiger charge is -2.14. The highest BCUT2D eigenvalue weighted by molar-refractivity contribution is 7.22. The number of aryl methyl sites for hydroxylation is 2.